The molecule has 0 unspecified atom stereocenters. The van der Waals surface area contributed by atoms with E-state index in [9.17, 15) is 4.79 Å². The molecule has 2 heterocycles. The number of amides is 1. The van der Waals surface area contributed by atoms with Crippen LogP contribution >= 0.6 is 0 Å². The molecule has 2 aliphatic rings. The summed E-state index contributed by atoms with van der Waals surface area (Å²) < 4.78 is 0. The van der Waals surface area contributed by atoms with Crippen LogP contribution in [0.15, 0.2) is 30.3 Å². The predicted octanol–water partition coefficient (Wildman–Crippen LogP) is 1.44. The molecule has 1 aromatic carbocycles. The first-order chi connectivity index (χ1) is 8.83. The molecule has 1 aromatic rings. The second-order valence-electron chi connectivity index (χ2n) is 5.39. The van der Waals surface area contributed by atoms with Crippen molar-refractivity contribution in [2.45, 2.75) is 25.3 Å². The maximum atomic E-state index is 12.1. The van der Waals surface area contributed by atoms with Gasteiger partial charge in [-0.05, 0) is 30.9 Å². The Morgan fingerprint density at radius 2 is 2.11 bits per heavy atom. The second kappa shape index (κ2) is 5.11. The lowest BCUT2D eigenvalue weighted by molar-refractivity contribution is -0.130. The zero-order valence-corrected chi connectivity index (χ0v) is 10.6. The first-order valence-corrected chi connectivity index (χ1v) is 6.88. The maximum Gasteiger partial charge on any atom is 0.222 e. The van der Waals surface area contributed by atoms with Crippen LogP contribution < -0.4 is 5.32 Å². The molecule has 96 valence electrons. The van der Waals surface area contributed by atoms with Gasteiger partial charge in [-0.3, -0.25) is 4.79 Å². The Balaban J connectivity index is 1.50. The Hall–Kier alpha value is -1.35. The van der Waals surface area contributed by atoms with Crippen molar-refractivity contribution in [3.05, 3.63) is 35.9 Å². The molecule has 0 saturated carbocycles. The summed E-state index contributed by atoms with van der Waals surface area (Å²) in [6, 6.07) is 10.8. The molecular weight excluding hydrogens is 224 g/mol. The van der Waals surface area contributed by atoms with E-state index in [0.717, 1.165) is 26.1 Å². The molecule has 0 aromatic heterocycles. The molecule has 0 spiro atoms. The average Bonchev–Trinajstić information content (AvgIpc) is 2.98. The van der Waals surface area contributed by atoms with Crippen LogP contribution in [0.5, 0.6) is 0 Å². The molecule has 2 fully saturated rings. The van der Waals surface area contributed by atoms with Gasteiger partial charge in [0.25, 0.3) is 0 Å². The van der Waals surface area contributed by atoms with E-state index >= 15 is 0 Å². The molecule has 3 heteroatoms. The van der Waals surface area contributed by atoms with Gasteiger partial charge in [-0.15, -0.1) is 0 Å². The van der Waals surface area contributed by atoms with Crippen LogP contribution in [-0.2, 0) is 11.2 Å². The summed E-state index contributed by atoms with van der Waals surface area (Å²) in [5, 5.41) is 3.48. The van der Waals surface area contributed by atoms with Gasteiger partial charge in [-0.2, -0.15) is 0 Å². The summed E-state index contributed by atoms with van der Waals surface area (Å²) >= 11 is 0. The quantitative estimate of drug-likeness (QED) is 0.872. The molecule has 1 N–H and O–H groups in total. The average molecular weight is 244 g/mol. The minimum Gasteiger partial charge on any atom is -0.341 e. The molecule has 3 nitrogen and oxygen atoms in total. The van der Waals surface area contributed by atoms with Crippen LogP contribution in [0.3, 0.4) is 0 Å². The Kier molecular flexibility index (Phi) is 3.33. The lowest BCUT2D eigenvalue weighted by Crippen LogP contribution is -2.34. The molecule has 1 amide bonds. The molecule has 3 rings (SSSR count). The highest BCUT2D eigenvalue weighted by atomic mass is 16.2. The van der Waals surface area contributed by atoms with Crippen molar-refractivity contribution in [3.8, 4) is 0 Å². The van der Waals surface area contributed by atoms with Gasteiger partial charge >= 0.3 is 0 Å². The van der Waals surface area contributed by atoms with Crippen LogP contribution in [0.2, 0.25) is 0 Å². The van der Waals surface area contributed by atoms with Gasteiger partial charge in [0.2, 0.25) is 5.91 Å². The van der Waals surface area contributed by atoms with E-state index in [-0.39, 0.29) is 0 Å². The number of likely N-dealkylation sites (tertiary alicyclic amines) is 1. The Morgan fingerprint density at radius 3 is 2.89 bits per heavy atom. The lowest BCUT2D eigenvalue weighted by atomic mass is 10.1. The summed E-state index contributed by atoms with van der Waals surface area (Å²) in [6.07, 6.45) is 2.73. The van der Waals surface area contributed by atoms with Gasteiger partial charge in [-0.25, -0.2) is 0 Å². The number of aryl methyl sites for hydroxylation is 1. The minimum atomic E-state index is 0.315. The molecular formula is C15H20N2O. The third-order valence-electron chi connectivity index (χ3n) is 4.19. The summed E-state index contributed by atoms with van der Waals surface area (Å²) in [4.78, 5) is 14.2. The van der Waals surface area contributed by atoms with Crippen molar-refractivity contribution in [2.24, 2.45) is 5.92 Å². The van der Waals surface area contributed by atoms with Crippen molar-refractivity contribution in [3.63, 3.8) is 0 Å². The molecule has 0 radical (unpaired) electrons. The number of hydrogen-bond donors (Lipinski definition) is 1. The molecule has 18 heavy (non-hydrogen) atoms. The van der Waals surface area contributed by atoms with E-state index in [1.807, 2.05) is 23.1 Å². The van der Waals surface area contributed by atoms with Crippen molar-refractivity contribution in [2.75, 3.05) is 19.6 Å². The van der Waals surface area contributed by atoms with Crippen molar-refractivity contribution in [1.82, 2.24) is 10.2 Å². The predicted molar refractivity (Wildman–Crippen MR) is 71.2 cm³/mol. The van der Waals surface area contributed by atoms with Crippen LogP contribution in [0.1, 0.15) is 18.4 Å². The topological polar surface area (TPSA) is 32.3 Å². The van der Waals surface area contributed by atoms with Gasteiger partial charge in [-0.1, -0.05) is 30.3 Å². The zero-order chi connectivity index (χ0) is 12.4. The highest BCUT2D eigenvalue weighted by Gasteiger charge is 2.37. The first kappa shape index (κ1) is 11.7. The van der Waals surface area contributed by atoms with Gasteiger partial charge < -0.3 is 10.2 Å². The molecule has 0 aliphatic carbocycles. The number of carbonyl (C=O) groups excluding carboxylic acids is 1. The zero-order valence-electron chi connectivity index (χ0n) is 10.6. The fourth-order valence-corrected chi connectivity index (χ4v) is 3.11. The van der Waals surface area contributed by atoms with E-state index in [4.69, 9.17) is 0 Å². The van der Waals surface area contributed by atoms with Gasteiger partial charge in [0.15, 0.2) is 0 Å². The third-order valence-corrected chi connectivity index (χ3v) is 4.19. The number of nitrogens with one attached hydrogen (secondary N) is 1. The van der Waals surface area contributed by atoms with E-state index in [2.05, 4.69) is 17.4 Å². The maximum absolute atomic E-state index is 12.1. The lowest BCUT2D eigenvalue weighted by Gasteiger charge is -2.17. The normalized spacial score (nSPS) is 26.3. The fourth-order valence-electron chi connectivity index (χ4n) is 3.11. The first-order valence-electron chi connectivity index (χ1n) is 6.88. The molecule has 0 bridgehead atoms. The smallest absolute Gasteiger partial charge is 0.222 e. The Labute approximate surface area is 108 Å². The van der Waals surface area contributed by atoms with Crippen molar-refractivity contribution >= 4 is 5.91 Å². The van der Waals surface area contributed by atoms with E-state index < -0.39 is 0 Å². The van der Waals surface area contributed by atoms with E-state index in [1.165, 1.54) is 12.0 Å². The number of benzene rings is 1. The molecule has 2 saturated heterocycles. The summed E-state index contributed by atoms with van der Waals surface area (Å²) in [7, 11) is 0. The van der Waals surface area contributed by atoms with Gasteiger partial charge in [0.05, 0.1) is 0 Å². The summed E-state index contributed by atoms with van der Waals surface area (Å²) in [6.45, 7) is 3.00. The fraction of sp³-hybridized carbons (Fsp3) is 0.533. The number of hydrogen-bond acceptors (Lipinski definition) is 2. The molecule has 2 atom stereocenters. The summed E-state index contributed by atoms with van der Waals surface area (Å²) in [5.41, 5.74) is 1.25. The highest BCUT2D eigenvalue weighted by Crippen LogP contribution is 2.25. The van der Waals surface area contributed by atoms with Gasteiger partial charge in [0, 0.05) is 25.6 Å². The highest BCUT2D eigenvalue weighted by molar-refractivity contribution is 5.77. The van der Waals surface area contributed by atoms with E-state index in [1.54, 1.807) is 0 Å². The SMILES string of the molecule is O=C(CCc1ccccc1)N1C[C@@H]2CCN[C@@H]2C1. The van der Waals surface area contributed by atoms with Crippen LogP contribution in [-0.4, -0.2) is 36.5 Å². The minimum absolute atomic E-state index is 0.315. The second-order valence-corrected chi connectivity index (χ2v) is 5.39. The number of fused-ring (bicyclic) bond motifs is 1. The third kappa shape index (κ3) is 2.41. The Morgan fingerprint density at radius 1 is 1.28 bits per heavy atom. The van der Waals surface area contributed by atoms with Crippen molar-refractivity contribution < 1.29 is 4.79 Å². The van der Waals surface area contributed by atoms with Crippen LogP contribution in [0.4, 0.5) is 0 Å². The monoisotopic (exact) mass is 244 g/mol. The van der Waals surface area contributed by atoms with E-state index in [0.29, 0.717) is 24.3 Å². The van der Waals surface area contributed by atoms with Gasteiger partial charge in [0.1, 0.15) is 0 Å². The molecule has 2 aliphatic heterocycles. The largest absolute Gasteiger partial charge is 0.341 e. The van der Waals surface area contributed by atoms with Crippen LogP contribution in [0.25, 0.3) is 0 Å². The van der Waals surface area contributed by atoms with Crippen LogP contribution in [0, 0.1) is 5.92 Å². The van der Waals surface area contributed by atoms with Crippen molar-refractivity contribution in [1.29, 1.82) is 0 Å². The standard InChI is InChI=1S/C15H20N2O/c18-15(7-6-12-4-2-1-3-5-12)17-10-13-8-9-16-14(13)11-17/h1-5,13-14,16H,6-11H2/t13-,14+/m0/s1. The summed E-state index contributed by atoms with van der Waals surface area (Å²) in [5.74, 6) is 1.01. The number of rotatable bonds is 3. The number of nitrogens with zero attached hydrogens (tertiary/aromatic N) is 1. The number of carbonyl (C=O) groups is 1. The Bertz CT molecular complexity index is 406.